The Morgan fingerprint density at radius 1 is 1.05 bits per heavy atom. The maximum Gasteiger partial charge on any atom is 0.228 e. The van der Waals surface area contributed by atoms with Gasteiger partial charge in [0.05, 0.1) is 57.5 Å². The van der Waals surface area contributed by atoms with Crippen molar-refractivity contribution < 1.29 is 24.1 Å². The van der Waals surface area contributed by atoms with Crippen molar-refractivity contribution in [2.24, 2.45) is 0 Å². The summed E-state index contributed by atoms with van der Waals surface area (Å²) in [5.41, 5.74) is 1.53. The molecule has 11 nitrogen and oxygen atoms in total. The SMILES string of the molecule is COc1cc(-n2cnc(Nc3nc(N4CCCC4CO)nc4cc(OC(C)C)ccc34)c2)cc(OC)c1OC. The highest BCUT2D eigenvalue weighted by Crippen LogP contribution is 2.39. The van der Waals surface area contributed by atoms with Gasteiger partial charge in [0, 0.05) is 30.1 Å². The van der Waals surface area contributed by atoms with Gasteiger partial charge in [0.2, 0.25) is 11.7 Å². The summed E-state index contributed by atoms with van der Waals surface area (Å²) in [4.78, 5) is 16.4. The number of aliphatic hydroxyl groups is 1. The van der Waals surface area contributed by atoms with Gasteiger partial charge in [0.15, 0.2) is 11.5 Å². The van der Waals surface area contributed by atoms with Crippen molar-refractivity contribution >= 4 is 28.5 Å². The minimum Gasteiger partial charge on any atom is -0.493 e. The maximum absolute atomic E-state index is 9.91. The number of methoxy groups -OCH3 is 3. The number of hydrogen-bond acceptors (Lipinski definition) is 10. The van der Waals surface area contributed by atoms with Crippen LogP contribution in [0.1, 0.15) is 26.7 Å². The maximum atomic E-state index is 9.91. The Kier molecular flexibility index (Phi) is 7.60. The third-order valence-corrected chi connectivity index (χ3v) is 6.65. The number of nitrogens with zero attached hydrogens (tertiary/aromatic N) is 5. The van der Waals surface area contributed by atoms with Gasteiger partial charge in [0.25, 0.3) is 0 Å². The Hall–Kier alpha value is -4.25. The molecule has 2 aromatic heterocycles. The lowest BCUT2D eigenvalue weighted by Gasteiger charge is -2.24. The molecule has 0 radical (unpaired) electrons. The van der Waals surface area contributed by atoms with Crippen molar-refractivity contribution in [3.05, 3.63) is 42.9 Å². The average Bonchev–Trinajstić information content (AvgIpc) is 3.61. The number of fused-ring (bicyclic) bond motifs is 1. The second-order valence-corrected chi connectivity index (χ2v) is 9.56. The van der Waals surface area contributed by atoms with Crippen LogP contribution in [0.3, 0.4) is 0 Å². The molecular formula is C28H34N6O5. The van der Waals surface area contributed by atoms with Crippen LogP contribution in [0, 0.1) is 0 Å². The van der Waals surface area contributed by atoms with E-state index < -0.39 is 0 Å². The van der Waals surface area contributed by atoms with Gasteiger partial charge in [-0.25, -0.2) is 9.97 Å². The minimum atomic E-state index is -0.00959. The standard InChI is InChI=1S/C28H34N6O5/c1-17(2)39-20-8-9-21-22(13-20)30-28(34-10-6-7-18(34)15-35)32-27(21)31-25-14-33(16-29-25)19-11-23(36-3)26(38-5)24(12-19)37-4/h8-9,11-14,16-18,35H,6-7,10,15H2,1-5H3,(H,30,31,32). The van der Waals surface area contributed by atoms with Gasteiger partial charge in [-0.15, -0.1) is 0 Å². The first-order valence-corrected chi connectivity index (χ1v) is 12.9. The number of aliphatic hydroxyl groups excluding tert-OH is 1. The topological polar surface area (TPSA) is 116 Å². The molecule has 4 aromatic rings. The van der Waals surface area contributed by atoms with E-state index in [-0.39, 0.29) is 18.8 Å². The molecule has 0 amide bonds. The van der Waals surface area contributed by atoms with Gasteiger partial charge in [-0.2, -0.15) is 4.98 Å². The van der Waals surface area contributed by atoms with E-state index >= 15 is 0 Å². The van der Waals surface area contributed by atoms with E-state index in [9.17, 15) is 5.11 Å². The molecule has 2 aromatic carbocycles. The molecule has 39 heavy (non-hydrogen) atoms. The Bertz CT molecular complexity index is 1430. The van der Waals surface area contributed by atoms with Gasteiger partial charge in [-0.1, -0.05) is 0 Å². The Balaban J connectivity index is 1.52. The summed E-state index contributed by atoms with van der Waals surface area (Å²) < 4.78 is 24.2. The molecular weight excluding hydrogens is 500 g/mol. The molecule has 1 atom stereocenters. The first-order chi connectivity index (χ1) is 18.9. The number of nitrogens with one attached hydrogen (secondary N) is 1. The van der Waals surface area contributed by atoms with Crippen molar-refractivity contribution in [3.8, 4) is 28.7 Å². The first-order valence-electron chi connectivity index (χ1n) is 12.9. The number of rotatable bonds is 10. The fourth-order valence-electron chi connectivity index (χ4n) is 4.82. The molecule has 206 valence electrons. The van der Waals surface area contributed by atoms with E-state index in [0.717, 1.165) is 41.7 Å². The molecule has 1 aliphatic rings. The predicted molar refractivity (Wildman–Crippen MR) is 149 cm³/mol. The number of benzene rings is 2. The lowest BCUT2D eigenvalue weighted by molar-refractivity contribution is 0.242. The Morgan fingerprint density at radius 2 is 1.82 bits per heavy atom. The smallest absolute Gasteiger partial charge is 0.228 e. The zero-order chi connectivity index (χ0) is 27.5. The first kappa shape index (κ1) is 26.4. The average molecular weight is 535 g/mol. The van der Waals surface area contributed by atoms with Crippen molar-refractivity contribution in [1.29, 1.82) is 0 Å². The molecule has 5 rings (SSSR count). The normalized spacial score (nSPS) is 15.2. The fourth-order valence-corrected chi connectivity index (χ4v) is 4.82. The molecule has 3 heterocycles. The molecule has 1 fully saturated rings. The quantitative estimate of drug-likeness (QED) is 0.304. The van der Waals surface area contributed by atoms with Gasteiger partial charge < -0.3 is 38.8 Å². The number of ether oxygens (including phenoxy) is 4. The molecule has 0 aliphatic carbocycles. The predicted octanol–water partition coefficient (Wildman–Crippen LogP) is 4.33. The summed E-state index contributed by atoms with van der Waals surface area (Å²) in [6.45, 7) is 4.82. The van der Waals surface area contributed by atoms with Crippen LogP contribution >= 0.6 is 0 Å². The van der Waals surface area contributed by atoms with Crippen molar-refractivity contribution in [2.45, 2.75) is 38.8 Å². The molecule has 0 bridgehead atoms. The lowest BCUT2D eigenvalue weighted by Crippen LogP contribution is -2.33. The van der Waals surface area contributed by atoms with E-state index in [1.54, 1.807) is 27.7 Å². The minimum absolute atomic E-state index is 0.00959. The molecule has 0 spiro atoms. The van der Waals surface area contributed by atoms with E-state index in [0.29, 0.717) is 34.8 Å². The largest absolute Gasteiger partial charge is 0.493 e. The van der Waals surface area contributed by atoms with E-state index in [1.807, 2.05) is 54.9 Å². The van der Waals surface area contributed by atoms with Crippen LogP contribution in [0.2, 0.25) is 0 Å². The van der Waals surface area contributed by atoms with Crippen LogP contribution < -0.4 is 29.2 Å². The molecule has 11 heteroatoms. The molecule has 1 saturated heterocycles. The van der Waals surface area contributed by atoms with Crippen molar-refractivity contribution in [1.82, 2.24) is 19.5 Å². The van der Waals surface area contributed by atoms with Crippen LogP contribution in [0.15, 0.2) is 42.9 Å². The van der Waals surface area contributed by atoms with Crippen LogP contribution in [0.25, 0.3) is 16.6 Å². The second-order valence-electron chi connectivity index (χ2n) is 9.56. The highest BCUT2D eigenvalue weighted by atomic mass is 16.5. The van der Waals surface area contributed by atoms with Gasteiger partial charge in [-0.05, 0) is 38.8 Å². The Morgan fingerprint density at radius 3 is 2.49 bits per heavy atom. The van der Waals surface area contributed by atoms with Crippen LogP contribution in [-0.2, 0) is 0 Å². The molecule has 2 N–H and O–H groups in total. The summed E-state index contributed by atoms with van der Waals surface area (Å²) >= 11 is 0. The number of hydrogen-bond donors (Lipinski definition) is 2. The van der Waals surface area contributed by atoms with Gasteiger partial charge >= 0.3 is 0 Å². The monoisotopic (exact) mass is 534 g/mol. The highest BCUT2D eigenvalue weighted by molar-refractivity contribution is 5.92. The highest BCUT2D eigenvalue weighted by Gasteiger charge is 2.27. The van der Waals surface area contributed by atoms with Crippen molar-refractivity contribution in [2.75, 3.05) is 44.7 Å². The van der Waals surface area contributed by atoms with Crippen LogP contribution in [0.4, 0.5) is 17.6 Å². The van der Waals surface area contributed by atoms with Gasteiger partial charge in [0.1, 0.15) is 23.7 Å². The molecule has 0 saturated carbocycles. The third-order valence-electron chi connectivity index (χ3n) is 6.65. The molecule has 1 aliphatic heterocycles. The summed E-state index contributed by atoms with van der Waals surface area (Å²) in [7, 11) is 4.74. The third kappa shape index (κ3) is 5.35. The van der Waals surface area contributed by atoms with Crippen LogP contribution in [-0.4, -0.2) is 71.3 Å². The fraction of sp³-hybridized carbons (Fsp3) is 0.393. The summed E-state index contributed by atoms with van der Waals surface area (Å²) in [5, 5.41) is 14.1. The van der Waals surface area contributed by atoms with E-state index in [1.165, 1.54) is 0 Å². The number of aromatic nitrogens is 4. The summed E-state index contributed by atoms with van der Waals surface area (Å²) in [6, 6.07) is 9.47. The number of imidazole rings is 1. The van der Waals surface area contributed by atoms with Crippen molar-refractivity contribution in [3.63, 3.8) is 0 Å². The van der Waals surface area contributed by atoms with E-state index in [4.69, 9.17) is 28.9 Å². The zero-order valence-electron chi connectivity index (χ0n) is 22.8. The number of anilines is 3. The summed E-state index contributed by atoms with van der Waals surface area (Å²) in [5.74, 6) is 4.12. The van der Waals surface area contributed by atoms with Gasteiger partial charge in [-0.3, -0.25) is 0 Å². The molecule has 1 unspecified atom stereocenters. The van der Waals surface area contributed by atoms with E-state index in [2.05, 4.69) is 15.2 Å². The lowest BCUT2D eigenvalue weighted by atomic mass is 10.2. The second kappa shape index (κ2) is 11.2. The zero-order valence-corrected chi connectivity index (χ0v) is 22.8. The Labute approximate surface area is 227 Å². The van der Waals surface area contributed by atoms with Crippen LogP contribution in [0.5, 0.6) is 23.0 Å². The summed E-state index contributed by atoms with van der Waals surface area (Å²) in [6.07, 6.45) is 5.47.